The van der Waals surface area contributed by atoms with Crippen LogP contribution in [0.1, 0.15) is 92.0 Å². The molecule has 16 nitrogen and oxygen atoms in total. The zero-order valence-electron chi connectivity index (χ0n) is 38.4. The van der Waals surface area contributed by atoms with Gasteiger partial charge in [0.25, 0.3) is 6.01 Å². The van der Waals surface area contributed by atoms with Gasteiger partial charge >= 0.3 is 22.7 Å². The number of ether oxygens (including phenoxy) is 3. The highest BCUT2D eigenvalue weighted by molar-refractivity contribution is 7.87. The number of carbonyl (C=O) groups is 4. The molecule has 4 heterocycles. The number of para-hydroxylation sites is 1. The van der Waals surface area contributed by atoms with Gasteiger partial charge in [0.05, 0.1) is 29.2 Å². The van der Waals surface area contributed by atoms with Gasteiger partial charge in [0, 0.05) is 49.5 Å². The Bertz CT molecular complexity index is 2640. The van der Waals surface area contributed by atoms with Gasteiger partial charge in [-0.15, -0.1) is 24.5 Å². The number of imidazole rings is 1. The summed E-state index contributed by atoms with van der Waals surface area (Å²) in [6.07, 6.45) is 0.295. The second-order valence-electron chi connectivity index (χ2n) is 18.7. The average molecular weight is 972 g/mol. The predicted octanol–water partition coefficient (Wildman–Crippen LogP) is 7.96. The van der Waals surface area contributed by atoms with Crippen LogP contribution in [-0.4, -0.2) is 107 Å². The number of Topliss-reactive ketones (excluding diaryl/α,β-unsaturated/α-hetero) is 1. The lowest BCUT2D eigenvalue weighted by Gasteiger charge is -2.30. The van der Waals surface area contributed by atoms with E-state index in [2.05, 4.69) is 14.8 Å². The van der Waals surface area contributed by atoms with Crippen LogP contribution in [0.2, 0.25) is 0 Å². The van der Waals surface area contributed by atoms with Crippen molar-refractivity contribution in [3.8, 4) is 33.6 Å². The molecule has 2 aromatic heterocycles. The molecule has 21 heteroatoms. The summed E-state index contributed by atoms with van der Waals surface area (Å²) >= 11 is 1.33. The van der Waals surface area contributed by atoms with E-state index in [1.807, 2.05) is 48.8 Å². The number of nitrogens with one attached hydrogen (secondary N) is 2. The van der Waals surface area contributed by atoms with Gasteiger partial charge in [-0.2, -0.15) is 17.7 Å². The molecule has 2 aromatic carbocycles. The maximum Gasteiger partial charge on any atom is 0.573 e. The summed E-state index contributed by atoms with van der Waals surface area (Å²) in [7, 11) is -1.61. The first-order valence-electron chi connectivity index (χ1n) is 22.2. The number of alkyl halides is 3. The number of carbonyl (C=O) groups excluding carboxylic acids is 4. The molecule has 1 saturated heterocycles. The highest BCUT2D eigenvalue weighted by atomic mass is 32.2. The van der Waals surface area contributed by atoms with E-state index in [1.54, 1.807) is 26.2 Å². The summed E-state index contributed by atoms with van der Waals surface area (Å²) in [4.78, 5) is 67.7. The van der Waals surface area contributed by atoms with Crippen LogP contribution in [0.25, 0.3) is 32.9 Å². The van der Waals surface area contributed by atoms with E-state index in [0.29, 0.717) is 45.7 Å². The lowest BCUT2D eigenvalue weighted by atomic mass is 9.91. The number of benzene rings is 2. The van der Waals surface area contributed by atoms with Crippen LogP contribution in [0.15, 0.2) is 60.0 Å². The Kier molecular flexibility index (Phi) is 14.2. The summed E-state index contributed by atoms with van der Waals surface area (Å²) < 4.78 is 85.2. The maximum absolute atomic E-state index is 14.8. The van der Waals surface area contributed by atoms with Crippen molar-refractivity contribution >= 4 is 56.3 Å². The van der Waals surface area contributed by atoms with E-state index in [-0.39, 0.29) is 50.0 Å². The second kappa shape index (κ2) is 19.2. The number of ketones is 1. The third kappa shape index (κ3) is 11.4. The Balaban J connectivity index is 1.21. The van der Waals surface area contributed by atoms with Crippen LogP contribution < -0.4 is 19.5 Å². The van der Waals surface area contributed by atoms with Crippen LogP contribution in [0.5, 0.6) is 11.8 Å². The fraction of sp³-hybridized carbons (Fsp3) is 0.522. The number of aromatic nitrogens is 3. The average Bonchev–Trinajstić information content (AvgIpc) is 3.57. The highest BCUT2D eigenvalue weighted by Crippen LogP contribution is 2.57. The van der Waals surface area contributed by atoms with E-state index in [9.17, 15) is 40.8 Å². The van der Waals surface area contributed by atoms with Crippen molar-refractivity contribution in [3.05, 3.63) is 60.0 Å². The normalized spacial score (nSPS) is 23.6. The van der Waals surface area contributed by atoms with Crippen molar-refractivity contribution < 1.29 is 55.0 Å². The summed E-state index contributed by atoms with van der Waals surface area (Å²) in [6, 6.07) is 8.86. The van der Waals surface area contributed by atoms with Crippen LogP contribution in [0.4, 0.5) is 18.0 Å². The number of rotatable bonds is 10. The Labute approximate surface area is 391 Å². The molecular weight excluding hydrogens is 916 g/mol. The Morgan fingerprint density at radius 2 is 1.75 bits per heavy atom. The lowest BCUT2D eigenvalue weighted by molar-refractivity contribution is -0.274. The number of halogens is 3. The molecule has 2 aliphatic heterocycles. The molecular formula is C46H56F3N7O9S2. The van der Waals surface area contributed by atoms with Crippen molar-refractivity contribution in [1.82, 2.24) is 33.8 Å². The quantitative estimate of drug-likeness (QED) is 0.147. The third-order valence-electron chi connectivity index (χ3n) is 12.0. The van der Waals surface area contributed by atoms with Gasteiger partial charge in [-0.25, -0.2) is 14.5 Å². The van der Waals surface area contributed by atoms with E-state index >= 15 is 0 Å². The van der Waals surface area contributed by atoms with Crippen LogP contribution in [-0.2, 0) is 29.3 Å². The number of hydrogen-bond donors (Lipinski definition) is 2. The molecule has 2 fully saturated rings. The number of alkyl carbamates (subject to hydrolysis) is 1. The zero-order valence-corrected chi connectivity index (χ0v) is 40.0. The zero-order chi connectivity index (χ0) is 48.6. The fourth-order valence-electron chi connectivity index (χ4n) is 8.61. The largest absolute Gasteiger partial charge is 0.573 e. The van der Waals surface area contributed by atoms with Gasteiger partial charge in [-0.05, 0) is 103 Å². The molecule has 362 valence electrons. The van der Waals surface area contributed by atoms with Crippen LogP contribution in [0.3, 0.4) is 0 Å². The summed E-state index contributed by atoms with van der Waals surface area (Å²) in [5, 5.41) is 5.13. The molecule has 1 saturated carbocycles. The molecule has 0 spiro atoms. The predicted molar refractivity (Wildman–Crippen MR) is 244 cm³/mol. The molecule has 3 aliphatic rings. The molecule has 1 aliphatic carbocycles. The summed E-state index contributed by atoms with van der Waals surface area (Å²) in [5.41, 5.74) is 0.819. The van der Waals surface area contributed by atoms with E-state index in [4.69, 9.17) is 19.4 Å². The minimum absolute atomic E-state index is 0.00866. The van der Waals surface area contributed by atoms with Crippen molar-refractivity contribution in [1.29, 1.82) is 0 Å². The highest BCUT2D eigenvalue weighted by Gasteiger charge is 2.61. The van der Waals surface area contributed by atoms with Gasteiger partial charge in [-0.1, -0.05) is 31.1 Å². The Morgan fingerprint density at radius 3 is 2.42 bits per heavy atom. The minimum Gasteiger partial charge on any atom is -0.459 e. The van der Waals surface area contributed by atoms with Crippen molar-refractivity contribution in [2.24, 2.45) is 11.3 Å². The first-order chi connectivity index (χ1) is 31.4. The van der Waals surface area contributed by atoms with Crippen LogP contribution >= 0.6 is 11.3 Å². The van der Waals surface area contributed by atoms with Gasteiger partial charge in [0.1, 0.15) is 34.0 Å². The maximum atomic E-state index is 14.8. The molecule has 0 unspecified atom stereocenters. The molecule has 5 atom stereocenters. The number of nitrogens with zero attached hydrogens (tertiary/aromatic N) is 5. The number of hydrogen-bond acceptors (Lipinski definition) is 12. The van der Waals surface area contributed by atoms with E-state index < -0.39 is 75.4 Å². The van der Waals surface area contributed by atoms with Gasteiger partial charge in [-0.3, -0.25) is 19.0 Å². The van der Waals surface area contributed by atoms with E-state index in [0.717, 1.165) is 17.1 Å². The first-order valence-corrected chi connectivity index (χ1v) is 24.5. The minimum atomic E-state index is -4.82. The third-order valence-corrected chi connectivity index (χ3v) is 14.3. The molecule has 0 bridgehead atoms. The van der Waals surface area contributed by atoms with Crippen molar-refractivity contribution in [2.75, 3.05) is 20.6 Å². The van der Waals surface area contributed by atoms with E-state index in [1.165, 1.54) is 54.6 Å². The number of allylic oxidation sites excluding steroid dienone is 2. The monoisotopic (exact) mass is 971 g/mol. The van der Waals surface area contributed by atoms with Crippen molar-refractivity contribution in [2.45, 2.75) is 122 Å². The molecule has 67 heavy (non-hydrogen) atoms. The molecule has 7 rings (SSSR count). The van der Waals surface area contributed by atoms with Crippen molar-refractivity contribution in [3.63, 3.8) is 0 Å². The first kappa shape index (κ1) is 49.4. The number of fused-ring (bicyclic) bond motifs is 3. The van der Waals surface area contributed by atoms with Gasteiger partial charge < -0.3 is 24.4 Å². The second-order valence-corrected chi connectivity index (χ2v) is 21.5. The fourth-order valence-corrected chi connectivity index (χ4v) is 10.1. The molecule has 0 radical (unpaired) electrons. The summed E-state index contributed by atoms with van der Waals surface area (Å²) in [6.45, 7) is 8.96. The van der Waals surface area contributed by atoms with Gasteiger partial charge in [0.15, 0.2) is 5.78 Å². The SMILES string of the molecule is CC(C)n1c(O[C@@H]2C[C@H]3C(=O)C[C@]4(C(=O)NS(=O)(=O)N(C)C)C[C@H]4/C=C\CCCCC[C@H](NC(=O)OC(C)(C)C)C(=O)N3C2)nc2c(-c3nc(-c4ccc(OC(F)(F)F)cc4)cs3)cccc21. The Morgan fingerprint density at radius 1 is 1.01 bits per heavy atom. The standard InChI is InChI=1S/C46H56F3N7O9S2/c1-27(2)56-35-17-13-15-32(39-50-34(26-66-39)28-18-20-30(21-19-28)64-46(47,48)49)38(35)52-42(56)63-31-22-36-37(57)24-45(41(59)53-67(61,62)54(6)7)23-29(45)14-11-9-8-10-12-16-33(40(58)55(36)25-31)51-43(60)65-44(3,4)5/h11,13-15,17-21,26-27,29,31,33,36H,8-10,12,16,22-25H2,1-7H3,(H,51,60)(H,53,59)/b14-11-/t29-,31-,33+,36+,45-/m1/s1. The molecule has 3 amide bonds. The summed E-state index contributed by atoms with van der Waals surface area (Å²) in [5.74, 6) is -2.55. The lowest BCUT2D eigenvalue weighted by Crippen LogP contribution is -2.53. The topological polar surface area (TPSA) is 191 Å². The number of thiazole rings is 1. The molecule has 2 N–H and O–H groups in total. The Hall–Kier alpha value is -5.54. The smallest absolute Gasteiger partial charge is 0.459 e. The van der Waals surface area contributed by atoms with Crippen LogP contribution in [0, 0.1) is 11.3 Å². The van der Waals surface area contributed by atoms with Gasteiger partial charge in [0.2, 0.25) is 11.8 Å². The number of amides is 3. The molecule has 4 aromatic rings.